The van der Waals surface area contributed by atoms with Crippen molar-refractivity contribution in [2.45, 2.75) is 4.90 Å². The van der Waals surface area contributed by atoms with Crippen molar-refractivity contribution < 1.29 is 8.42 Å². The van der Waals surface area contributed by atoms with Gasteiger partial charge in [-0.15, -0.1) is 0 Å². The highest BCUT2D eigenvalue weighted by atomic mass is 35.5. The molecule has 17 heavy (non-hydrogen) atoms. The third kappa shape index (κ3) is 2.46. The van der Waals surface area contributed by atoms with Gasteiger partial charge in [-0.05, 0) is 18.2 Å². The number of rotatable bonds is 3. The van der Waals surface area contributed by atoms with E-state index in [1.165, 1.54) is 24.4 Å². The summed E-state index contributed by atoms with van der Waals surface area (Å²) >= 11 is 5.82. The third-order valence-corrected chi connectivity index (χ3v) is 4.28. The van der Waals surface area contributed by atoms with Gasteiger partial charge in [0.1, 0.15) is 8.72 Å². The van der Waals surface area contributed by atoms with Crippen LogP contribution in [0.4, 0.5) is 5.82 Å². The highest BCUT2D eigenvalue weighted by Gasteiger charge is 2.37. The van der Waals surface area contributed by atoms with Crippen molar-refractivity contribution in [2.75, 3.05) is 0 Å². The van der Waals surface area contributed by atoms with Crippen molar-refractivity contribution in [3.8, 4) is 0 Å². The summed E-state index contributed by atoms with van der Waals surface area (Å²) in [6.07, 6.45) is 1.48. The first-order valence-electron chi connectivity index (χ1n) is 4.79. The van der Waals surface area contributed by atoms with E-state index in [1.807, 2.05) is 0 Å². The Bertz CT molecular complexity index is 587. The van der Waals surface area contributed by atoms with E-state index in [-0.39, 0.29) is 10.7 Å². The van der Waals surface area contributed by atoms with Crippen LogP contribution < -0.4 is 3.82 Å². The maximum absolute atomic E-state index is 12.1. The summed E-state index contributed by atoms with van der Waals surface area (Å²) in [4.78, 5) is 4.01. The Morgan fingerprint density at radius 1 is 1.00 bits per heavy atom. The molecule has 0 saturated carbocycles. The van der Waals surface area contributed by atoms with Gasteiger partial charge in [0.15, 0.2) is 0 Å². The first kappa shape index (κ1) is 12.0. The largest absolute Gasteiger partial charge is 0.397 e. The SMILES string of the molecule is O=S(=O)(c1ccccc1)[N+](Cl)c1ccccn1. The fourth-order valence-corrected chi connectivity index (χ4v) is 2.65. The van der Waals surface area contributed by atoms with Gasteiger partial charge in [0.05, 0.1) is 0 Å². The Morgan fingerprint density at radius 2 is 1.65 bits per heavy atom. The molecular formula is C11H9ClN2O2S+. The lowest BCUT2D eigenvalue weighted by molar-refractivity contribution is 0.584. The van der Waals surface area contributed by atoms with E-state index >= 15 is 0 Å². The Labute approximate surface area is 105 Å². The summed E-state index contributed by atoms with van der Waals surface area (Å²) in [6, 6.07) is 12.8. The summed E-state index contributed by atoms with van der Waals surface area (Å²) < 4.78 is 24.8. The zero-order chi connectivity index (χ0) is 12.3. The number of pyridine rings is 1. The van der Waals surface area contributed by atoms with Gasteiger partial charge in [-0.1, -0.05) is 24.3 Å². The number of hydrogen-bond acceptors (Lipinski definition) is 3. The number of sulfonamides is 1. The van der Waals surface area contributed by atoms with E-state index < -0.39 is 10.0 Å². The molecule has 0 fully saturated rings. The van der Waals surface area contributed by atoms with Crippen molar-refractivity contribution in [2.24, 2.45) is 0 Å². The maximum atomic E-state index is 12.1. The number of nitrogens with zero attached hydrogens (tertiary/aromatic N) is 2. The Morgan fingerprint density at radius 3 is 2.24 bits per heavy atom. The summed E-state index contributed by atoms with van der Waals surface area (Å²) in [5.41, 5.74) is 0. The van der Waals surface area contributed by atoms with Crippen molar-refractivity contribution >= 4 is 27.6 Å². The van der Waals surface area contributed by atoms with E-state index in [0.717, 1.165) is 0 Å². The van der Waals surface area contributed by atoms with Crippen molar-refractivity contribution in [1.29, 1.82) is 0 Å². The lowest BCUT2D eigenvalue weighted by atomic mass is 10.4. The van der Waals surface area contributed by atoms with Crippen molar-refractivity contribution in [1.82, 2.24) is 8.81 Å². The molecule has 1 aromatic heterocycles. The van der Waals surface area contributed by atoms with Crippen molar-refractivity contribution in [3.63, 3.8) is 0 Å². The molecule has 2 aromatic rings. The summed E-state index contributed by atoms with van der Waals surface area (Å²) in [6.45, 7) is 0. The van der Waals surface area contributed by atoms with Crippen LogP contribution in [0.3, 0.4) is 0 Å². The molecule has 87 valence electrons. The van der Waals surface area contributed by atoms with Gasteiger partial charge >= 0.3 is 15.8 Å². The molecule has 1 aromatic carbocycles. The van der Waals surface area contributed by atoms with E-state index in [2.05, 4.69) is 4.98 Å². The number of aromatic nitrogens is 1. The lowest BCUT2D eigenvalue weighted by Crippen LogP contribution is -2.23. The Balaban J connectivity index is 2.41. The fraction of sp³-hybridized carbons (Fsp3) is 0. The predicted molar refractivity (Wildman–Crippen MR) is 65.5 cm³/mol. The molecule has 1 heterocycles. The smallest absolute Gasteiger partial charge is 0.198 e. The monoisotopic (exact) mass is 268 g/mol. The Hall–Kier alpha value is -1.43. The van der Waals surface area contributed by atoms with Crippen molar-refractivity contribution in [3.05, 3.63) is 54.7 Å². The highest BCUT2D eigenvalue weighted by Crippen LogP contribution is 2.22. The molecule has 0 amide bonds. The number of hydrogen-bond donors (Lipinski definition) is 0. The molecule has 6 heteroatoms. The average molecular weight is 269 g/mol. The van der Waals surface area contributed by atoms with E-state index in [4.69, 9.17) is 11.8 Å². The van der Waals surface area contributed by atoms with Gasteiger partial charge in [-0.3, -0.25) is 0 Å². The van der Waals surface area contributed by atoms with Crippen LogP contribution in [0.25, 0.3) is 0 Å². The van der Waals surface area contributed by atoms with E-state index in [9.17, 15) is 8.42 Å². The minimum atomic E-state index is -3.76. The molecule has 0 atom stereocenters. The normalized spacial score (nSPS) is 11.6. The van der Waals surface area contributed by atoms with Gasteiger partial charge in [-0.2, -0.15) is 13.4 Å². The molecular weight excluding hydrogens is 260 g/mol. The molecule has 0 aliphatic heterocycles. The predicted octanol–water partition coefficient (Wildman–Crippen LogP) is 2.40. The quantitative estimate of drug-likeness (QED) is 0.803. The molecule has 0 N–H and O–H groups in total. The topological polar surface area (TPSA) is 52.9 Å². The zero-order valence-corrected chi connectivity index (χ0v) is 10.3. The van der Waals surface area contributed by atoms with Crippen LogP contribution in [0.1, 0.15) is 0 Å². The van der Waals surface area contributed by atoms with E-state index in [1.54, 1.807) is 30.3 Å². The number of anilines is 1. The molecule has 1 radical (unpaired) electrons. The van der Waals surface area contributed by atoms with Crippen LogP contribution in [-0.2, 0) is 10.0 Å². The molecule has 0 spiro atoms. The van der Waals surface area contributed by atoms with Crippen LogP contribution in [0, 0.1) is 0 Å². The first-order valence-corrected chi connectivity index (χ1v) is 6.57. The summed E-state index contributed by atoms with van der Waals surface area (Å²) in [7, 11) is -3.76. The molecule has 4 nitrogen and oxygen atoms in total. The van der Waals surface area contributed by atoms with Gasteiger partial charge in [-0.25, -0.2) is 0 Å². The van der Waals surface area contributed by atoms with Gasteiger partial charge in [0, 0.05) is 12.3 Å². The number of benzene rings is 1. The van der Waals surface area contributed by atoms with Gasteiger partial charge in [0.2, 0.25) is 0 Å². The minimum absolute atomic E-state index is 0.126. The average Bonchev–Trinajstić information content (AvgIpc) is 2.40. The summed E-state index contributed by atoms with van der Waals surface area (Å²) in [5.74, 6) is 0.165. The molecule has 0 unspecified atom stereocenters. The second-order valence-electron chi connectivity index (χ2n) is 3.22. The summed E-state index contributed by atoms with van der Waals surface area (Å²) in [5, 5.41) is 0. The standard InChI is InChI=1S/C11H9ClN2O2S/c12-14(11-8-4-5-9-13-11)17(15,16)10-6-2-1-3-7-10/h1-9H/q+1. The third-order valence-electron chi connectivity index (χ3n) is 2.08. The second-order valence-corrected chi connectivity index (χ2v) is 5.55. The van der Waals surface area contributed by atoms with Crippen LogP contribution >= 0.6 is 11.8 Å². The van der Waals surface area contributed by atoms with E-state index in [0.29, 0.717) is 3.82 Å². The molecule has 0 bridgehead atoms. The zero-order valence-electron chi connectivity index (χ0n) is 8.69. The van der Waals surface area contributed by atoms with Crippen LogP contribution in [0.15, 0.2) is 59.6 Å². The lowest BCUT2D eigenvalue weighted by Gasteiger charge is -2.01. The number of halogens is 1. The van der Waals surface area contributed by atoms with Gasteiger partial charge in [0.25, 0.3) is 11.8 Å². The van der Waals surface area contributed by atoms with Crippen LogP contribution in [0.2, 0.25) is 0 Å². The van der Waals surface area contributed by atoms with Gasteiger partial charge < -0.3 is 0 Å². The Kier molecular flexibility index (Phi) is 3.42. The highest BCUT2D eigenvalue weighted by molar-refractivity contribution is 7.91. The minimum Gasteiger partial charge on any atom is -0.198 e. The fourth-order valence-electron chi connectivity index (χ4n) is 1.27. The first-order chi connectivity index (χ1) is 8.12. The molecule has 0 aliphatic rings. The maximum Gasteiger partial charge on any atom is 0.397 e. The molecule has 2 rings (SSSR count). The van der Waals surface area contributed by atoms with Crippen LogP contribution in [0.5, 0.6) is 0 Å². The molecule has 0 saturated heterocycles. The molecule has 0 aliphatic carbocycles. The second kappa shape index (κ2) is 4.83. The van der Waals surface area contributed by atoms with Crippen LogP contribution in [-0.4, -0.2) is 13.4 Å².